The molecule has 0 spiro atoms. The molecule has 3 rings (SSSR count). The third-order valence-electron chi connectivity index (χ3n) is 4.14. The van der Waals surface area contributed by atoms with Crippen molar-refractivity contribution in [1.82, 2.24) is 14.8 Å². The minimum Gasteiger partial charge on any atom is -0.493 e. The van der Waals surface area contributed by atoms with Crippen molar-refractivity contribution in [3.8, 4) is 5.75 Å². The first-order valence-electron chi connectivity index (χ1n) is 9.07. The molecule has 0 aliphatic carbocycles. The maximum atomic E-state index is 11.0. The molecule has 27 heavy (non-hydrogen) atoms. The van der Waals surface area contributed by atoms with Crippen molar-refractivity contribution in [2.24, 2.45) is 0 Å². The molecule has 0 saturated heterocycles. The number of aromatic nitrogens is 3. The summed E-state index contributed by atoms with van der Waals surface area (Å²) in [6.45, 7) is 3.52. The summed E-state index contributed by atoms with van der Waals surface area (Å²) in [5, 5.41) is 9.67. The van der Waals surface area contributed by atoms with E-state index in [1.807, 2.05) is 36.4 Å². The molecule has 0 saturated carbocycles. The molecule has 1 aromatic heterocycles. The average molecular weight is 382 g/mol. The summed E-state index contributed by atoms with van der Waals surface area (Å²) in [4.78, 5) is 11.0. The smallest absolute Gasteiger partial charge is 0.191 e. The summed E-state index contributed by atoms with van der Waals surface area (Å²) >= 11 is 1.69. The van der Waals surface area contributed by atoms with Gasteiger partial charge in [0.2, 0.25) is 0 Å². The van der Waals surface area contributed by atoms with Gasteiger partial charge < -0.3 is 9.30 Å². The van der Waals surface area contributed by atoms with Crippen LogP contribution in [0.2, 0.25) is 0 Å². The van der Waals surface area contributed by atoms with E-state index in [9.17, 15) is 4.79 Å². The van der Waals surface area contributed by atoms with E-state index in [2.05, 4.69) is 33.8 Å². The molecule has 0 aliphatic heterocycles. The van der Waals surface area contributed by atoms with Crippen LogP contribution in [0, 0.1) is 0 Å². The van der Waals surface area contributed by atoms with E-state index in [0.29, 0.717) is 17.9 Å². The topological polar surface area (TPSA) is 57.0 Å². The molecule has 3 aromatic rings. The summed E-state index contributed by atoms with van der Waals surface area (Å²) in [7, 11) is 0. The molecule has 0 N–H and O–H groups in total. The zero-order valence-electron chi connectivity index (χ0n) is 15.4. The highest BCUT2D eigenvalue weighted by Gasteiger charge is 2.11. The lowest BCUT2D eigenvalue weighted by molar-refractivity contribution is 0.111. The zero-order chi connectivity index (χ0) is 18.9. The van der Waals surface area contributed by atoms with Crippen molar-refractivity contribution in [3.63, 3.8) is 0 Å². The third-order valence-corrected chi connectivity index (χ3v) is 5.19. The summed E-state index contributed by atoms with van der Waals surface area (Å²) in [5.41, 5.74) is 1.82. The maximum Gasteiger partial charge on any atom is 0.191 e. The van der Waals surface area contributed by atoms with Gasteiger partial charge in [-0.25, -0.2) is 0 Å². The van der Waals surface area contributed by atoms with Gasteiger partial charge >= 0.3 is 0 Å². The SMILES string of the molecule is CCn1c(Cc2ccccc2)nnc1SCCCOc1ccccc1C=O. The van der Waals surface area contributed by atoms with Crippen LogP contribution in [0.1, 0.15) is 35.1 Å². The van der Waals surface area contributed by atoms with Crippen molar-refractivity contribution in [2.45, 2.75) is 31.5 Å². The van der Waals surface area contributed by atoms with Crippen LogP contribution in [0.5, 0.6) is 5.75 Å². The van der Waals surface area contributed by atoms with Crippen LogP contribution in [0.3, 0.4) is 0 Å². The van der Waals surface area contributed by atoms with Crippen molar-refractivity contribution in [2.75, 3.05) is 12.4 Å². The van der Waals surface area contributed by atoms with Crippen LogP contribution >= 0.6 is 11.8 Å². The number of ether oxygens (including phenoxy) is 1. The minimum absolute atomic E-state index is 0.564. The number of hydrogen-bond donors (Lipinski definition) is 0. The second-order valence-electron chi connectivity index (χ2n) is 6.01. The fraction of sp³-hybridized carbons (Fsp3) is 0.286. The molecule has 0 aliphatic rings. The van der Waals surface area contributed by atoms with Crippen molar-refractivity contribution in [3.05, 3.63) is 71.5 Å². The number of aldehydes is 1. The van der Waals surface area contributed by atoms with Crippen LogP contribution in [0.4, 0.5) is 0 Å². The Morgan fingerprint density at radius 3 is 2.63 bits per heavy atom. The molecular weight excluding hydrogens is 358 g/mol. The number of hydrogen-bond acceptors (Lipinski definition) is 5. The van der Waals surface area contributed by atoms with Crippen LogP contribution < -0.4 is 4.74 Å². The standard InChI is InChI=1S/C21H23N3O2S/c1-2-24-20(15-17-9-4-3-5-10-17)22-23-21(24)27-14-8-13-26-19-12-7-6-11-18(19)16-25/h3-7,9-12,16H,2,8,13-15H2,1H3. The molecule has 0 unspecified atom stereocenters. The molecule has 140 valence electrons. The van der Waals surface area contributed by atoms with Crippen LogP contribution in [-0.4, -0.2) is 33.4 Å². The number of para-hydroxylation sites is 1. The summed E-state index contributed by atoms with van der Waals surface area (Å²) in [6, 6.07) is 17.6. The van der Waals surface area contributed by atoms with Crippen LogP contribution in [-0.2, 0) is 13.0 Å². The maximum absolute atomic E-state index is 11.0. The highest BCUT2D eigenvalue weighted by molar-refractivity contribution is 7.99. The molecule has 2 aromatic carbocycles. The average Bonchev–Trinajstić information content (AvgIpc) is 3.10. The molecule has 0 amide bonds. The van der Waals surface area contributed by atoms with Gasteiger partial charge in [-0.1, -0.05) is 54.2 Å². The Bertz CT molecular complexity index is 865. The van der Waals surface area contributed by atoms with Crippen molar-refractivity contribution >= 4 is 18.0 Å². The number of rotatable bonds is 10. The van der Waals surface area contributed by atoms with Gasteiger partial charge in [0.05, 0.1) is 12.2 Å². The highest BCUT2D eigenvalue weighted by Crippen LogP contribution is 2.20. The van der Waals surface area contributed by atoms with E-state index in [4.69, 9.17) is 4.74 Å². The zero-order valence-corrected chi connectivity index (χ0v) is 16.2. The van der Waals surface area contributed by atoms with Gasteiger partial charge in [-0.2, -0.15) is 0 Å². The Hall–Kier alpha value is -2.60. The second-order valence-corrected chi connectivity index (χ2v) is 7.07. The lowest BCUT2D eigenvalue weighted by Gasteiger charge is -2.09. The van der Waals surface area contributed by atoms with Crippen molar-refractivity contribution < 1.29 is 9.53 Å². The molecule has 0 atom stereocenters. The normalized spacial score (nSPS) is 10.7. The largest absolute Gasteiger partial charge is 0.493 e. The first-order valence-corrected chi connectivity index (χ1v) is 10.1. The van der Waals surface area contributed by atoms with Gasteiger partial charge in [0.15, 0.2) is 11.4 Å². The summed E-state index contributed by atoms with van der Waals surface area (Å²) < 4.78 is 7.89. The first kappa shape index (κ1) is 19.2. The van der Waals surface area contributed by atoms with Gasteiger partial charge in [0, 0.05) is 18.7 Å². The van der Waals surface area contributed by atoms with E-state index in [0.717, 1.165) is 42.4 Å². The van der Waals surface area contributed by atoms with E-state index < -0.39 is 0 Å². The van der Waals surface area contributed by atoms with E-state index >= 15 is 0 Å². The number of carbonyl (C=O) groups is 1. The fourth-order valence-corrected chi connectivity index (χ4v) is 3.70. The van der Waals surface area contributed by atoms with E-state index in [-0.39, 0.29) is 0 Å². The van der Waals surface area contributed by atoms with E-state index in [1.54, 1.807) is 17.8 Å². The molecule has 0 radical (unpaired) electrons. The Labute approximate surface area is 163 Å². The fourth-order valence-electron chi connectivity index (χ4n) is 2.77. The lowest BCUT2D eigenvalue weighted by atomic mass is 10.1. The van der Waals surface area contributed by atoms with Gasteiger partial charge in [0.1, 0.15) is 11.6 Å². The van der Waals surface area contributed by atoms with Gasteiger partial charge in [0.25, 0.3) is 0 Å². The monoisotopic (exact) mass is 381 g/mol. The molecule has 1 heterocycles. The number of carbonyl (C=O) groups excluding carboxylic acids is 1. The van der Waals surface area contributed by atoms with Gasteiger partial charge in [-0.15, -0.1) is 10.2 Å². The molecular formula is C21H23N3O2S. The second kappa shape index (κ2) is 9.92. The van der Waals surface area contributed by atoms with Gasteiger partial charge in [-0.3, -0.25) is 4.79 Å². The molecule has 6 heteroatoms. The minimum atomic E-state index is 0.564. The predicted octanol–water partition coefficient (Wildman–Crippen LogP) is 4.26. The lowest BCUT2D eigenvalue weighted by Crippen LogP contribution is -2.05. The Morgan fingerprint density at radius 2 is 1.85 bits per heavy atom. The van der Waals surface area contributed by atoms with Gasteiger partial charge in [-0.05, 0) is 31.0 Å². The number of benzene rings is 2. The highest BCUT2D eigenvalue weighted by atomic mass is 32.2. The Balaban J connectivity index is 1.50. The molecule has 0 fully saturated rings. The Morgan fingerprint density at radius 1 is 1.07 bits per heavy atom. The summed E-state index contributed by atoms with van der Waals surface area (Å²) in [6.07, 6.45) is 2.47. The third kappa shape index (κ3) is 5.20. The number of nitrogens with zero attached hydrogens (tertiary/aromatic N) is 3. The molecule has 5 nitrogen and oxygen atoms in total. The quantitative estimate of drug-likeness (QED) is 0.298. The predicted molar refractivity (Wildman–Crippen MR) is 108 cm³/mol. The van der Waals surface area contributed by atoms with Crippen LogP contribution in [0.15, 0.2) is 59.8 Å². The first-order chi connectivity index (χ1) is 13.3. The van der Waals surface area contributed by atoms with Crippen LogP contribution in [0.25, 0.3) is 0 Å². The molecule has 0 bridgehead atoms. The number of thioether (sulfide) groups is 1. The van der Waals surface area contributed by atoms with Crippen molar-refractivity contribution in [1.29, 1.82) is 0 Å². The summed E-state index contributed by atoms with van der Waals surface area (Å²) in [5.74, 6) is 2.51. The van der Waals surface area contributed by atoms with E-state index in [1.165, 1.54) is 5.56 Å². The Kier molecular flexibility index (Phi) is 7.04.